The Bertz CT molecular complexity index is 505. The van der Waals surface area contributed by atoms with Gasteiger partial charge in [-0.15, -0.1) is 0 Å². The van der Waals surface area contributed by atoms with E-state index in [1.807, 2.05) is 0 Å². The zero-order valence-corrected chi connectivity index (χ0v) is 12.7. The van der Waals surface area contributed by atoms with Crippen molar-refractivity contribution in [2.24, 2.45) is 11.8 Å². The molecular weight excluding hydrogens is 296 g/mol. The van der Waals surface area contributed by atoms with Crippen LogP contribution in [-0.4, -0.2) is 49.6 Å². The molecule has 2 aliphatic rings. The van der Waals surface area contributed by atoms with Crippen molar-refractivity contribution < 1.29 is 23.1 Å². The van der Waals surface area contributed by atoms with Crippen molar-refractivity contribution >= 4 is 21.8 Å². The molecule has 1 saturated heterocycles. The Morgan fingerprint density at radius 3 is 2.38 bits per heavy atom. The summed E-state index contributed by atoms with van der Waals surface area (Å²) < 4.78 is 23.2. The van der Waals surface area contributed by atoms with Crippen LogP contribution in [0.4, 0.5) is 4.79 Å². The number of sulfone groups is 1. The summed E-state index contributed by atoms with van der Waals surface area (Å²) in [6, 6.07) is -0.423. The van der Waals surface area contributed by atoms with Crippen LogP contribution in [0.25, 0.3) is 0 Å². The number of carbonyl (C=O) groups is 2. The van der Waals surface area contributed by atoms with Gasteiger partial charge in [0.15, 0.2) is 9.84 Å². The molecule has 3 N–H and O–H groups in total. The third-order valence-electron chi connectivity index (χ3n) is 4.45. The van der Waals surface area contributed by atoms with Crippen LogP contribution in [0, 0.1) is 11.8 Å². The highest BCUT2D eigenvalue weighted by atomic mass is 32.2. The summed E-state index contributed by atoms with van der Waals surface area (Å²) in [5.41, 5.74) is 0. The van der Waals surface area contributed by atoms with Crippen LogP contribution in [0.1, 0.15) is 32.1 Å². The molecule has 1 saturated carbocycles. The molecule has 0 aromatic rings. The van der Waals surface area contributed by atoms with Gasteiger partial charge in [-0.25, -0.2) is 13.2 Å². The van der Waals surface area contributed by atoms with E-state index in [4.69, 9.17) is 5.11 Å². The minimum atomic E-state index is -3.05. The van der Waals surface area contributed by atoms with Gasteiger partial charge < -0.3 is 15.7 Å². The molecule has 3 atom stereocenters. The Kier molecular flexibility index (Phi) is 5.08. The molecule has 1 aliphatic carbocycles. The van der Waals surface area contributed by atoms with Crippen molar-refractivity contribution in [1.29, 1.82) is 0 Å². The number of carbonyl (C=O) groups excluding carboxylic acids is 1. The van der Waals surface area contributed by atoms with Gasteiger partial charge in [0.2, 0.25) is 0 Å². The first-order chi connectivity index (χ1) is 9.90. The molecule has 0 spiro atoms. The Labute approximate surface area is 124 Å². The topological polar surface area (TPSA) is 113 Å². The van der Waals surface area contributed by atoms with Gasteiger partial charge in [-0.1, -0.05) is 6.42 Å². The average molecular weight is 318 g/mol. The van der Waals surface area contributed by atoms with Crippen molar-refractivity contribution in [2.45, 2.75) is 37.4 Å². The number of hydrogen-bond donors (Lipinski definition) is 3. The lowest BCUT2D eigenvalue weighted by molar-refractivity contribution is -0.142. The third-order valence-corrected chi connectivity index (χ3v) is 6.73. The van der Waals surface area contributed by atoms with Crippen molar-refractivity contribution in [3.63, 3.8) is 0 Å². The molecule has 7 nitrogen and oxygen atoms in total. The van der Waals surface area contributed by atoms with Gasteiger partial charge >= 0.3 is 12.0 Å². The fraction of sp³-hybridized carbons (Fsp3) is 0.846. The summed E-state index contributed by atoms with van der Waals surface area (Å²) in [5.74, 6) is -1.04. The maximum Gasteiger partial charge on any atom is 0.314 e. The summed E-state index contributed by atoms with van der Waals surface area (Å²) in [6.45, 7) is 0.446. The maximum atomic E-state index is 11.7. The highest BCUT2D eigenvalue weighted by Crippen LogP contribution is 2.31. The van der Waals surface area contributed by atoms with E-state index in [0.29, 0.717) is 25.8 Å². The van der Waals surface area contributed by atoms with E-state index in [0.717, 1.165) is 12.8 Å². The van der Waals surface area contributed by atoms with E-state index in [9.17, 15) is 18.0 Å². The van der Waals surface area contributed by atoms with E-state index in [-0.39, 0.29) is 24.1 Å². The van der Waals surface area contributed by atoms with Gasteiger partial charge in [-0.05, 0) is 31.6 Å². The number of urea groups is 1. The number of amides is 2. The second-order valence-corrected chi connectivity index (χ2v) is 8.26. The lowest BCUT2D eigenvalue weighted by atomic mass is 9.96. The largest absolute Gasteiger partial charge is 0.481 e. The maximum absolute atomic E-state index is 11.7. The van der Waals surface area contributed by atoms with Crippen LogP contribution < -0.4 is 10.6 Å². The lowest BCUT2D eigenvalue weighted by Gasteiger charge is -2.17. The van der Waals surface area contributed by atoms with Gasteiger partial charge in [-0.2, -0.15) is 0 Å². The van der Waals surface area contributed by atoms with Gasteiger partial charge in [0.05, 0.1) is 16.9 Å². The minimum absolute atomic E-state index is 0.0385. The first kappa shape index (κ1) is 16.1. The highest BCUT2D eigenvalue weighted by molar-refractivity contribution is 7.92. The monoisotopic (exact) mass is 318 g/mol. The second-order valence-electron chi connectivity index (χ2n) is 5.86. The number of aliphatic carboxylic acids is 1. The lowest BCUT2D eigenvalue weighted by Crippen LogP contribution is -2.43. The average Bonchev–Trinajstić information content (AvgIpc) is 3.00. The molecule has 0 aromatic heterocycles. The van der Waals surface area contributed by atoms with E-state index >= 15 is 0 Å². The van der Waals surface area contributed by atoms with E-state index in [1.165, 1.54) is 0 Å². The first-order valence-corrected chi connectivity index (χ1v) is 9.08. The number of carboxylic acid groups (broad SMARTS) is 1. The number of rotatable bonds is 5. The summed E-state index contributed by atoms with van der Waals surface area (Å²) in [7, 11) is -3.05. The molecule has 2 fully saturated rings. The summed E-state index contributed by atoms with van der Waals surface area (Å²) in [6.07, 6.45) is 3.56. The molecule has 120 valence electrons. The quantitative estimate of drug-likeness (QED) is 0.677. The molecule has 3 unspecified atom stereocenters. The molecule has 1 heterocycles. The van der Waals surface area contributed by atoms with Crippen LogP contribution in [-0.2, 0) is 14.6 Å². The predicted molar refractivity (Wildman–Crippen MR) is 76.7 cm³/mol. The van der Waals surface area contributed by atoms with Gasteiger partial charge in [-0.3, -0.25) is 4.79 Å². The van der Waals surface area contributed by atoms with Crippen molar-refractivity contribution in [3.8, 4) is 0 Å². The molecule has 0 radical (unpaired) electrons. The molecule has 2 rings (SSSR count). The van der Waals surface area contributed by atoms with Crippen molar-refractivity contribution in [2.75, 3.05) is 18.8 Å². The fourth-order valence-corrected chi connectivity index (χ4v) is 4.95. The van der Waals surface area contributed by atoms with E-state index in [2.05, 4.69) is 10.6 Å². The molecule has 8 heteroatoms. The number of nitrogens with one attached hydrogen (secondary N) is 2. The molecule has 2 amide bonds. The van der Waals surface area contributed by atoms with Crippen LogP contribution in [0.15, 0.2) is 0 Å². The first-order valence-electron chi connectivity index (χ1n) is 7.36. The Morgan fingerprint density at radius 2 is 1.76 bits per heavy atom. The molecule has 1 aliphatic heterocycles. The number of carboxylic acids is 1. The summed E-state index contributed by atoms with van der Waals surface area (Å²) in [5, 5.41) is 13.8. The normalized spacial score (nSPS) is 31.0. The zero-order valence-electron chi connectivity index (χ0n) is 11.9. The molecular formula is C13H22N2O5S. The standard InChI is InChI=1S/C13H22N2O5S/c16-12(17)11-5-1-3-9(11)7-14-13(18)15-8-10-4-2-6-21(10,19)20/h9-11H,1-8H2,(H,16,17)(H2,14,15,18). The Morgan fingerprint density at radius 1 is 1.05 bits per heavy atom. The predicted octanol–water partition coefficient (Wildman–Crippen LogP) is 0.364. The van der Waals surface area contributed by atoms with Crippen molar-refractivity contribution in [1.82, 2.24) is 10.6 Å². The summed E-state index contributed by atoms with van der Waals surface area (Å²) in [4.78, 5) is 22.7. The van der Waals surface area contributed by atoms with Gasteiger partial charge in [0, 0.05) is 13.1 Å². The molecule has 0 bridgehead atoms. The summed E-state index contributed by atoms with van der Waals surface area (Å²) >= 11 is 0. The van der Waals surface area contributed by atoms with Crippen LogP contribution in [0.5, 0.6) is 0 Å². The van der Waals surface area contributed by atoms with Crippen molar-refractivity contribution in [3.05, 3.63) is 0 Å². The zero-order chi connectivity index (χ0) is 15.5. The number of hydrogen-bond acceptors (Lipinski definition) is 4. The van der Waals surface area contributed by atoms with E-state index in [1.54, 1.807) is 0 Å². The Hall–Kier alpha value is -1.31. The smallest absolute Gasteiger partial charge is 0.314 e. The molecule has 0 aromatic carbocycles. The minimum Gasteiger partial charge on any atom is -0.481 e. The fourth-order valence-electron chi connectivity index (χ4n) is 3.19. The van der Waals surface area contributed by atoms with Gasteiger partial charge in [0.25, 0.3) is 0 Å². The van der Waals surface area contributed by atoms with Crippen LogP contribution >= 0.6 is 0 Å². The van der Waals surface area contributed by atoms with Crippen LogP contribution in [0.2, 0.25) is 0 Å². The SMILES string of the molecule is O=C(NCC1CCCC1C(=O)O)NCC1CCCS1(=O)=O. The van der Waals surface area contributed by atoms with Crippen LogP contribution in [0.3, 0.4) is 0 Å². The third kappa shape index (κ3) is 4.09. The Balaban J connectivity index is 1.72. The molecule has 21 heavy (non-hydrogen) atoms. The van der Waals surface area contributed by atoms with Gasteiger partial charge in [0.1, 0.15) is 0 Å². The second kappa shape index (κ2) is 6.64. The highest BCUT2D eigenvalue weighted by Gasteiger charge is 2.33. The van der Waals surface area contributed by atoms with E-state index < -0.39 is 27.1 Å².